The van der Waals surface area contributed by atoms with Crippen molar-refractivity contribution in [3.63, 3.8) is 0 Å². The Bertz CT molecular complexity index is 571. The van der Waals surface area contributed by atoms with Gasteiger partial charge in [-0.1, -0.05) is 18.5 Å². The topological polar surface area (TPSA) is 39.9 Å². The van der Waals surface area contributed by atoms with Crippen LogP contribution < -0.4 is 4.74 Å². The second-order valence-electron chi connectivity index (χ2n) is 4.00. The standard InChI is InChI=1S/C13H15BrClN3O/c1-3-11-13(15)12(18(4-2)17-11)8-19-10-5-9(14)6-16-7-10/h5-7H,3-4,8H2,1-2H3. The van der Waals surface area contributed by atoms with E-state index in [4.69, 9.17) is 16.3 Å². The third-order valence-corrected chi connectivity index (χ3v) is 3.62. The molecule has 4 nitrogen and oxygen atoms in total. The number of hydrogen-bond donors (Lipinski definition) is 0. The molecule has 0 unspecified atom stereocenters. The summed E-state index contributed by atoms with van der Waals surface area (Å²) in [6, 6.07) is 1.87. The molecular weight excluding hydrogens is 330 g/mol. The molecule has 0 radical (unpaired) electrons. The summed E-state index contributed by atoms with van der Waals surface area (Å²) in [4.78, 5) is 4.06. The van der Waals surface area contributed by atoms with Crippen LogP contribution in [0.4, 0.5) is 0 Å². The number of halogens is 2. The summed E-state index contributed by atoms with van der Waals surface area (Å²) < 4.78 is 8.48. The van der Waals surface area contributed by atoms with E-state index in [9.17, 15) is 0 Å². The van der Waals surface area contributed by atoms with Gasteiger partial charge in [-0.3, -0.25) is 9.67 Å². The Kier molecular flexibility index (Phi) is 4.82. The van der Waals surface area contributed by atoms with Crippen LogP contribution >= 0.6 is 27.5 Å². The average molecular weight is 345 g/mol. The van der Waals surface area contributed by atoms with Crippen LogP contribution in [0.1, 0.15) is 25.2 Å². The highest BCUT2D eigenvalue weighted by Gasteiger charge is 2.14. The quantitative estimate of drug-likeness (QED) is 0.827. The molecule has 0 aromatic carbocycles. The Morgan fingerprint density at radius 1 is 1.37 bits per heavy atom. The van der Waals surface area contributed by atoms with Crippen LogP contribution in [0.5, 0.6) is 5.75 Å². The summed E-state index contributed by atoms with van der Waals surface area (Å²) in [6.07, 6.45) is 4.20. The summed E-state index contributed by atoms with van der Waals surface area (Å²) in [5.74, 6) is 0.701. The molecular formula is C13H15BrClN3O. The molecule has 0 atom stereocenters. The highest BCUT2D eigenvalue weighted by Crippen LogP contribution is 2.24. The van der Waals surface area contributed by atoms with Crippen LogP contribution in [0.25, 0.3) is 0 Å². The maximum Gasteiger partial charge on any atom is 0.139 e. The molecule has 0 N–H and O–H groups in total. The van der Waals surface area contributed by atoms with E-state index in [1.54, 1.807) is 12.4 Å². The number of rotatable bonds is 5. The smallest absolute Gasteiger partial charge is 0.139 e. The highest BCUT2D eigenvalue weighted by molar-refractivity contribution is 9.10. The van der Waals surface area contributed by atoms with Gasteiger partial charge in [0.2, 0.25) is 0 Å². The van der Waals surface area contributed by atoms with E-state index in [2.05, 4.69) is 26.0 Å². The van der Waals surface area contributed by atoms with E-state index in [0.29, 0.717) is 17.4 Å². The van der Waals surface area contributed by atoms with E-state index in [1.807, 2.05) is 24.6 Å². The predicted octanol–water partition coefficient (Wildman–Crippen LogP) is 3.86. The predicted molar refractivity (Wildman–Crippen MR) is 78.6 cm³/mol. The van der Waals surface area contributed by atoms with E-state index >= 15 is 0 Å². The van der Waals surface area contributed by atoms with Gasteiger partial charge in [0.05, 0.1) is 22.6 Å². The van der Waals surface area contributed by atoms with Gasteiger partial charge < -0.3 is 4.74 Å². The minimum atomic E-state index is 0.387. The molecule has 0 aliphatic heterocycles. The summed E-state index contributed by atoms with van der Waals surface area (Å²) >= 11 is 9.68. The van der Waals surface area contributed by atoms with Crippen LogP contribution in [-0.4, -0.2) is 14.8 Å². The van der Waals surface area contributed by atoms with Crippen LogP contribution in [0.3, 0.4) is 0 Å². The number of aromatic nitrogens is 3. The third-order valence-electron chi connectivity index (χ3n) is 2.75. The highest BCUT2D eigenvalue weighted by atomic mass is 79.9. The Morgan fingerprint density at radius 2 is 2.16 bits per heavy atom. The molecule has 2 heterocycles. The lowest BCUT2D eigenvalue weighted by Crippen LogP contribution is -2.06. The maximum absolute atomic E-state index is 6.32. The first-order valence-corrected chi connectivity index (χ1v) is 7.30. The molecule has 0 amide bonds. The molecule has 0 saturated heterocycles. The fraction of sp³-hybridized carbons (Fsp3) is 0.385. The first-order chi connectivity index (χ1) is 9.15. The zero-order valence-corrected chi connectivity index (χ0v) is 13.2. The molecule has 2 aromatic rings. The number of ether oxygens (including phenoxy) is 1. The van der Waals surface area contributed by atoms with Gasteiger partial charge in [0.1, 0.15) is 12.4 Å². The third kappa shape index (κ3) is 3.28. The van der Waals surface area contributed by atoms with Crippen molar-refractivity contribution in [2.24, 2.45) is 0 Å². The SMILES string of the molecule is CCc1nn(CC)c(COc2cncc(Br)c2)c1Cl. The molecule has 0 bridgehead atoms. The fourth-order valence-electron chi connectivity index (χ4n) is 1.78. The summed E-state index contributed by atoms with van der Waals surface area (Å²) in [5, 5.41) is 5.16. The van der Waals surface area contributed by atoms with Crippen LogP contribution in [0, 0.1) is 0 Å². The zero-order chi connectivity index (χ0) is 13.8. The van der Waals surface area contributed by atoms with Crippen LogP contribution in [0.2, 0.25) is 5.02 Å². The van der Waals surface area contributed by atoms with Crippen molar-refractivity contribution >= 4 is 27.5 Å². The fourth-order valence-corrected chi connectivity index (χ4v) is 2.45. The first kappa shape index (κ1) is 14.3. The van der Waals surface area contributed by atoms with Gasteiger partial charge in [-0.05, 0) is 35.3 Å². The zero-order valence-electron chi connectivity index (χ0n) is 10.9. The van der Waals surface area contributed by atoms with Crippen molar-refractivity contribution < 1.29 is 4.74 Å². The lowest BCUT2D eigenvalue weighted by Gasteiger charge is -2.08. The molecule has 102 valence electrons. The van der Waals surface area contributed by atoms with Gasteiger partial charge in [-0.15, -0.1) is 0 Å². The van der Waals surface area contributed by atoms with Gasteiger partial charge in [0.15, 0.2) is 0 Å². The van der Waals surface area contributed by atoms with Crippen molar-refractivity contribution in [2.75, 3.05) is 0 Å². The van der Waals surface area contributed by atoms with Crippen molar-refractivity contribution in [1.82, 2.24) is 14.8 Å². The Balaban J connectivity index is 2.17. The minimum Gasteiger partial charge on any atom is -0.486 e. The van der Waals surface area contributed by atoms with E-state index in [1.165, 1.54) is 0 Å². The largest absolute Gasteiger partial charge is 0.486 e. The lowest BCUT2D eigenvalue weighted by molar-refractivity contribution is 0.291. The summed E-state index contributed by atoms with van der Waals surface area (Å²) in [7, 11) is 0. The average Bonchev–Trinajstić information content (AvgIpc) is 2.72. The second-order valence-corrected chi connectivity index (χ2v) is 5.30. The molecule has 2 rings (SSSR count). The van der Waals surface area contributed by atoms with Crippen LogP contribution in [0.15, 0.2) is 22.9 Å². The molecule has 2 aromatic heterocycles. The second kappa shape index (κ2) is 6.39. The number of pyridine rings is 1. The van der Waals surface area contributed by atoms with Gasteiger partial charge in [0, 0.05) is 17.2 Å². The number of aryl methyl sites for hydroxylation is 2. The van der Waals surface area contributed by atoms with Crippen LogP contribution in [-0.2, 0) is 19.6 Å². The Hall–Kier alpha value is -1.07. The van der Waals surface area contributed by atoms with Crippen molar-refractivity contribution in [1.29, 1.82) is 0 Å². The summed E-state index contributed by atoms with van der Waals surface area (Å²) in [5.41, 5.74) is 1.82. The molecule has 0 spiro atoms. The van der Waals surface area contributed by atoms with Crippen molar-refractivity contribution in [2.45, 2.75) is 33.4 Å². The van der Waals surface area contributed by atoms with E-state index in [0.717, 1.165) is 28.8 Å². The maximum atomic E-state index is 6.32. The number of nitrogens with zero attached hydrogens (tertiary/aromatic N) is 3. The normalized spacial score (nSPS) is 10.7. The lowest BCUT2D eigenvalue weighted by atomic mass is 10.3. The monoisotopic (exact) mass is 343 g/mol. The molecule has 19 heavy (non-hydrogen) atoms. The van der Waals surface area contributed by atoms with E-state index < -0.39 is 0 Å². The van der Waals surface area contributed by atoms with Gasteiger partial charge in [-0.25, -0.2) is 0 Å². The molecule has 0 saturated carbocycles. The van der Waals surface area contributed by atoms with E-state index in [-0.39, 0.29) is 0 Å². The van der Waals surface area contributed by atoms with Crippen molar-refractivity contribution in [3.8, 4) is 5.75 Å². The molecule has 0 aliphatic rings. The van der Waals surface area contributed by atoms with Gasteiger partial charge in [0.25, 0.3) is 0 Å². The molecule has 0 aliphatic carbocycles. The Morgan fingerprint density at radius 3 is 2.79 bits per heavy atom. The minimum absolute atomic E-state index is 0.387. The van der Waals surface area contributed by atoms with Crippen molar-refractivity contribution in [3.05, 3.63) is 39.3 Å². The molecule has 0 fully saturated rings. The van der Waals surface area contributed by atoms with Gasteiger partial charge in [-0.2, -0.15) is 5.10 Å². The molecule has 6 heteroatoms. The summed E-state index contributed by atoms with van der Waals surface area (Å²) in [6.45, 7) is 5.23. The number of hydrogen-bond acceptors (Lipinski definition) is 3. The first-order valence-electron chi connectivity index (χ1n) is 6.13. The van der Waals surface area contributed by atoms with Gasteiger partial charge >= 0.3 is 0 Å². The Labute approximate surface area is 125 Å².